The Morgan fingerprint density at radius 1 is 1.44 bits per heavy atom. The minimum atomic E-state index is -0.922. The van der Waals surface area contributed by atoms with E-state index in [9.17, 15) is 9.59 Å². The van der Waals surface area contributed by atoms with E-state index in [0.717, 1.165) is 10.0 Å². The fraction of sp³-hybridized carbons (Fsp3) is 0.333. The molecule has 1 aromatic carbocycles. The van der Waals surface area contributed by atoms with Crippen LogP contribution in [0.3, 0.4) is 0 Å². The van der Waals surface area contributed by atoms with Gasteiger partial charge in [-0.2, -0.15) is 0 Å². The minimum Gasteiger partial charge on any atom is -0.481 e. The SMILES string of the molecule is Cc1cc(Br)ccc1NC(=O)N(C)CCC(=O)O. The van der Waals surface area contributed by atoms with Gasteiger partial charge < -0.3 is 15.3 Å². The first-order valence-electron chi connectivity index (χ1n) is 5.40. The number of hydrogen-bond acceptors (Lipinski definition) is 2. The molecule has 2 N–H and O–H groups in total. The molecule has 0 spiro atoms. The van der Waals surface area contributed by atoms with Crippen molar-refractivity contribution in [1.82, 2.24) is 4.90 Å². The summed E-state index contributed by atoms with van der Waals surface area (Å²) in [5, 5.41) is 11.3. The molecule has 0 saturated carbocycles. The molecule has 2 amide bonds. The van der Waals surface area contributed by atoms with Crippen LogP contribution in [0.1, 0.15) is 12.0 Å². The molecule has 0 radical (unpaired) electrons. The number of carbonyl (C=O) groups is 2. The van der Waals surface area contributed by atoms with E-state index in [-0.39, 0.29) is 19.0 Å². The molecule has 1 aromatic rings. The largest absolute Gasteiger partial charge is 0.481 e. The molecule has 0 atom stereocenters. The van der Waals surface area contributed by atoms with Crippen LogP contribution in [0.2, 0.25) is 0 Å². The molecule has 0 saturated heterocycles. The first kappa shape index (κ1) is 14.5. The summed E-state index contributed by atoms with van der Waals surface area (Å²) in [7, 11) is 1.56. The van der Waals surface area contributed by atoms with E-state index >= 15 is 0 Å². The van der Waals surface area contributed by atoms with Crippen LogP contribution >= 0.6 is 15.9 Å². The van der Waals surface area contributed by atoms with Crippen LogP contribution in [0, 0.1) is 6.92 Å². The van der Waals surface area contributed by atoms with Gasteiger partial charge in [0.2, 0.25) is 0 Å². The molecule has 0 unspecified atom stereocenters. The fourth-order valence-corrected chi connectivity index (χ4v) is 1.82. The van der Waals surface area contributed by atoms with Crippen LogP contribution in [0.25, 0.3) is 0 Å². The molecular weight excluding hydrogens is 300 g/mol. The van der Waals surface area contributed by atoms with Crippen molar-refractivity contribution in [3.63, 3.8) is 0 Å². The first-order valence-corrected chi connectivity index (χ1v) is 6.19. The van der Waals surface area contributed by atoms with Gasteiger partial charge in [0, 0.05) is 23.8 Å². The van der Waals surface area contributed by atoms with Crippen molar-refractivity contribution in [2.75, 3.05) is 18.9 Å². The Balaban J connectivity index is 2.61. The third-order valence-electron chi connectivity index (χ3n) is 2.44. The zero-order valence-electron chi connectivity index (χ0n) is 10.2. The summed E-state index contributed by atoms with van der Waals surface area (Å²) in [6.45, 7) is 2.06. The van der Waals surface area contributed by atoms with E-state index in [0.29, 0.717) is 5.69 Å². The van der Waals surface area contributed by atoms with Gasteiger partial charge >= 0.3 is 12.0 Å². The number of carboxylic acid groups (broad SMARTS) is 1. The highest BCUT2D eigenvalue weighted by Crippen LogP contribution is 2.20. The highest BCUT2D eigenvalue weighted by molar-refractivity contribution is 9.10. The zero-order chi connectivity index (χ0) is 13.7. The van der Waals surface area contributed by atoms with Gasteiger partial charge in [-0.05, 0) is 30.7 Å². The van der Waals surface area contributed by atoms with E-state index in [2.05, 4.69) is 21.2 Å². The predicted octanol–water partition coefficient (Wildman–Crippen LogP) is 2.70. The van der Waals surface area contributed by atoms with Crippen LogP contribution in [0.5, 0.6) is 0 Å². The van der Waals surface area contributed by atoms with Crippen molar-refractivity contribution in [2.45, 2.75) is 13.3 Å². The van der Waals surface area contributed by atoms with E-state index in [1.54, 1.807) is 13.1 Å². The normalized spacial score (nSPS) is 9.94. The maximum atomic E-state index is 11.8. The zero-order valence-corrected chi connectivity index (χ0v) is 11.8. The van der Waals surface area contributed by atoms with E-state index in [4.69, 9.17) is 5.11 Å². The Kier molecular flexibility index (Phi) is 5.15. The summed E-state index contributed by atoms with van der Waals surface area (Å²) < 4.78 is 0.942. The van der Waals surface area contributed by atoms with Gasteiger partial charge in [-0.1, -0.05) is 15.9 Å². The van der Waals surface area contributed by atoms with Crippen LogP contribution in [0.15, 0.2) is 22.7 Å². The quantitative estimate of drug-likeness (QED) is 0.897. The van der Waals surface area contributed by atoms with Gasteiger partial charge in [0.1, 0.15) is 0 Å². The highest BCUT2D eigenvalue weighted by Gasteiger charge is 2.11. The standard InChI is InChI=1S/C12H15BrN2O3/c1-8-7-9(13)3-4-10(8)14-12(18)15(2)6-5-11(16)17/h3-4,7H,5-6H2,1-2H3,(H,14,18)(H,16,17). The highest BCUT2D eigenvalue weighted by atomic mass is 79.9. The maximum Gasteiger partial charge on any atom is 0.321 e. The lowest BCUT2D eigenvalue weighted by atomic mass is 10.2. The van der Waals surface area contributed by atoms with Gasteiger partial charge in [-0.15, -0.1) is 0 Å². The topological polar surface area (TPSA) is 69.6 Å². The minimum absolute atomic E-state index is 0.0662. The number of halogens is 1. The van der Waals surface area contributed by atoms with E-state index in [1.165, 1.54) is 4.90 Å². The number of rotatable bonds is 4. The number of carboxylic acids is 1. The number of nitrogens with one attached hydrogen (secondary N) is 1. The van der Waals surface area contributed by atoms with Gasteiger partial charge in [0.25, 0.3) is 0 Å². The Hall–Kier alpha value is -1.56. The summed E-state index contributed by atoms with van der Waals surface area (Å²) >= 11 is 3.34. The van der Waals surface area contributed by atoms with Crippen molar-refractivity contribution in [2.24, 2.45) is 0 Å². The number of urea groups is 1. The van der Waals surface area contributed by atoms with Gasteiger partial charge in [0.15, 0.2) is 0 Å². The van der Waals surface area contributed by atoms with Crippen molar-refractivity contribution in [3.8, 4) is 0 Å². The summed E-state index contributed by atoms with van der Waals surface area (Å²) in [4.78, 5) is 23.5. The smallest absolute Gasteiger partial charge is 0.321 e. The summed E-state index contributed by atoms with van der Waals surface area (Å²) in [5.74, 6) is -0.922. The van der Waals surface area contributed by atoms with Crippen LogP contribution < -0.4 is 5.32 Å². The number of aliphatic carboxylic acids is 1. The predicted molar refractivity (Wildman–Crippen MR) is 72.8 cm³/mol. The van der Waals surface area contributed by atoms with Crippen molar-refractivity contribution in [1.29, 1.82) is 0 Å². The number of hydrogen-bond donors (Lipinski definition) is 2. The lowest BCUT2D eigenvalue weighted by Crippen LogP contribution is -2.33. The molecule has 0 fully saturated rings. The number of anilines is 1. The first-order chi connectivity index (χ1) is 8.40. The molecule has 1 rings (SSSR count). The lowest BCUT2D eigenvalue weighted by Gasteiger charge is -2.18. The molecule has 0 bridgehead atoms. The number of amides is 2. The molecule has 6 heteroatoms. The Morgan fingerprint density at radius 2 is 2.11 bits per heavy atom. The number of carbonyl (C=O) groups excluding carboxylic acids is 1. The Bertz CT molecular complexity index is 463. The fourth-order valence-electron chi connectivity index (χ4n) is 1.34. The molecule has 0 aliphatic rings. The summed E-state index contributed by atoms with van der Waals surface area (Å²) in [6.07, 6.45) is -0.0662. The number of benzene rings is 1. The molecule has 5 nitrogen and oxygen atoms in total. The second-order valence-electron chi connectivity index (χ2n) is 3.95. The van der Waals surface area contributed by atoms with Crippen LogP contribution in [0.4, 0.5) is 10.5 Å². The Labute approximate surface area is 114 Å². The molecule has 0 aromatic heterocycles. The molecule has 0 aliphatic carbocycles. The van der Waals surface area contributed by atoms with Gasteiger partial charge in [-0.3, -0.25) is 4.79 Å². The van der Waals surface area contributed by atoms with Crippen molar-refractivity contribution < 1.29 is 14.7 Å². The average molecular weight is 315 g/mol. The third kappa shape index (κ3) is 4.37. The molecule has 0 heterocycles. The van der Waals surface area contributed by atoms with Gasteiger partial charge in [0.05, 0.1) is 6.42 Å². The monoisotopic (exact) mass is 314 g/mol. The average Bonchev–Trinajstić information content (AvgIpc) is 2.29. The third-order valence-corrected chi connectivity index (χ3v) is 2.93. The van der Waals surface area contributed by atoms with Crippen LogP contribution in [-0.4, -0.2) is 35.6 Å². The number of aryl methyl sites for hydroxylation is 1. The van der Waals surface area contributed by atoms with Crippen LogP contribution in [-0.2, 0) is 4.79 Å². The lowest BCUT2D eigenvalue weighted by molar-refractivity contribution is -0.137. The van der Waals surface area contributed by atoms with Gasteiger partial charge in [-0.25, -0.2) is 4.79 Å². The number of nitrogens with zero attached hydrogens (tertiary/aromatic N) is 1. The molecule has 98 valence electrons. The summed E-state index contributed by atoms with van der Waals surface area (Å²) in [5.41, 5.74) is 1.65. The Morgan fingerprint density at radius 3 is 2.67 bits per heavy atom. The van der Waals surface area contributed by atoms with E-state index < -0.39 is 5.97 Å². The molecular formula is C12H15BrN2O3. The molecule has 0 aliphatic heterocycles. The van der Waals surface area contributed by atoms with E-state index in [1.807, 2.05) is 19.1 Å². The van der Waals surface area contributed by atoms with Crippen molar-refractivity contribution in [3.05, 3.63) is 28.2 Å². The molecule has 18 heavy (non-hydrogen) atoms. The van der Waals surface area contributed by atoms with Crippen molar-refractivity contribution >= 4 is 33.6 Å². The summed E-state index contributed by atoms with van der Waals surface area (Å²) in [6, 6.07) is 5.20. The maximum absolute atomic E-state index is 11.8. The second kappa shape index (κ2) is 6.39. The second-order valence-corrected chi connectivity index (χ2v) is 4.87.